The summed E-state index contributed by atoms with van der Waals surface area (Å²) in [5.41, 5.74) is 0. The molecule has 2 N–H and O–H groups in total. The zero-order valence-electron chi connectivity index (χ0n) is 11.8. The van der Waals surface area contributed by atoms with Gasteiger partial charge in [0, 0.05) is 23.0 Å². The van der Waals surface area contributed by atoms with Gasteiger partial charge in [-0.05, 0) is 0 Å². The second kappa shape index (κ2) is 17.7. The second-order valence-electron chi connectivity index (χ2n) is 3.13. The first kappa shape index (κ1) is 28.6. The predicted octanol–water partition coefficient (Wildman–Crippen LogP) is -1.63. The van der Waals surface area contributed by atoms with Gasteiger partial charge in [0.2, 0.25) is 20.8 Å². The topological polar surface area (TPSA) is 173 Å². The van der Waals surface area contributed by atoms with Gasteiger partial charge in [0.25, 0.3) is 0 Å². The van der Waals surface area contributed by atoms with Gasteiger partial charge in [-0.2, -0.15) is 23.5 Å². The maximum Gasteiger partial charge on any atom is 2.00 e. The first-order valence-electron chi connectivity index (χ1n) is 5.70. The summed E-state index contributed by atoms with van der Waals surface area (Å²) in [6, 6.07) is 0. The molecule has 0 rings (SSSR count). The van der Waals surface area contributed by atoms with Crippen molar-refractivity contribution in [3.05, 3.63) is 0 Å². The molecule has 15 heteroatoms. The van der Waals surface area contributed by atoms with E-state index in [0.717, 1.165) is 0 Å². The summed E-state index contributed by atoms with van der Waals surface area (Å²) in [7, 11) is -9.07. The molecule has 0 aliphatic heterocycles. The maximum atomic E-state index is 9.83. The third-order valence-corrected chi connectivity index (χ3v) is 4.15. The van der Waals surface area contributed by atoms with Crippen LogP contribution in [0.25, 0.3) is 0 Å². The Balaban J connectivity index is -0.000000333. The Kier molecular flexibility index (Phi) is 22.0. The van der Waals surface area contributed by atoms with Crippen molar-refractivity contribution in [1.29, 1.82) is 0 Å². The quantitative estimate of drug-likeness (QED) is 0.147. The number of hydrogen-bond donors (Lipinski definition) is 2. The van der Waals surface area contributed by atoms with Gasteiger partial charge in [0.15, 0.2) is 0 Å². The summed E-state index contributed by atoms with van der Waals surface area (Å²) in [6.07, 6.45) is 0. The largest absolute Gasteiger partial charge is 2.00 e. The van der Waals surface area contributed by atoms with E-state index in [2.05, 4.69) is 8.37 Å². The molecule has 0 fully saturated rings. The number of thioether (sulfide) groups is 2. The molecule has 0 atom stereocenters. The van der Waals surface area contributed by atoms with Crippen molar-refractivity contribution in [3.63, 3.8) is 0 Å². The van der Waals surface area contributed by atoms with Crippen LogP contribution in [0.5, 0.6) is 0 Å². The molecule has 0 radical (unpaired) electrons. The molecule has 0 aromatic heterocycles. The minimum atomic E-state index is -4.54. The first-order chi connectivity index (χ1) is 10.1. The van der Waals surface area contributed by atoms with Crippen molar-refractivity contribution in [3.8, 4) is 0 Å². The van der Waals surface area contributed by atoms with E-state index in [1.807, 2.05) is 0 Å². The molecule has 23 heavy (non-hydrogen) atoms. The van der Waals surface area contributed by atoms with Crippen LogP contribution in [-0.4, -0.2) is 85.6 Å². The third kappa shape index (κ3) is 35.0. The van der Waals surface area contributed by atoms with E-state index in [9.17, 15) is 25.9 Å². The summed E-state index contributed by atoms with van der Waals surface area (Å²) >= 11 is 2.63. The van der Waals surface area contributed by atoms with Gasteiger partial charge in [0.05, 0.1) is 26.4 Å². The van der Waals surface area contributed by atoms with Crippen molar-refractivity contribution in [2.24, 2.45) is 0 Å². The molecule has 0 amide bonds. The van der Waals surface area contributed by atoms with Gasteiger partial charge in [-0.3, -0.25) is 8.37 Å². The molecule has 0 aliphatic carbocycles. The van der Waals surface area contributed by atoms with Gasteiger partial charge in [-0.25, -0.2) is 16.8 Å². The Morgan fingerprint density at radius 3 is 1.26 bits per heavy atom. The molecule has 0 aliphatic rings. The van der Waals surface area contributed by atoms with Crippen molar-refractivity contribution in [2.45, 2.75) is 0 Å². The zero-order valence-corrected chi connectivity index (χ0v) is 16.0. The molecule has 144 valence electrons. The molecule has 0 saturated heterocycles. The Morgan fingerprint density at radius 1 is 0.739 bits per heavy atom. The van der Waals surface area contributed by atoms with Crippen molar-refractivity contribution in [2.75, 3.05) is 49.4 Å². The van der Waals surface area contributed by atoms with Crippen LogP contribution < -0.4 is 0 Å². The van der Waals surface area contributed by atoms with Gasteiger partial charge in [0.1, 0.15) is 0 Å². The average molecular weight is 461 g/mol. The molecular weight excluding hydrogens is 443 g/mol. The van der Waals surface area contributed by atoms with E-state index in [1.165, 1.54) is 23.5 Å². The second-order valence-corrected chi connectivity index (χ2v) is 7.69. The summed E-state index contributed by atoms with van der Waals surface area (Å²) in [5.74, 6) is 1.81. The van der Waals surface area contributed by atoms with Crippen molar-refractivity contribution in [1.82, 2.24) is 0 Å². The normalized spacial score (nSPS) is 11.3. The number of aliphatic hydroxyl groups is 2. The molecule has 0 saturated carbocycles. The van der Waals surface area contributed by atoms with Crippen LogP contribution in [0.3, 0.4) is 0 Å². The fourth-order valence-electron chi connectivity index (χ4n) is 0.723. The van der Waals surface area contributed by atoms with E-state index in [1.54, 1.807) is 0 Å². The standard InChI is InChI=1S/2C4H10O5S2.Ni/c2*5-1-3-10-4-2-9-11(6,7)8;/h2*5H,1-4H2,(H,6,7,8);/q;;+2/p-2. The third-order valence-electron chi connectivity index (χ3n) is 1.38. The Bertz CT molecular complexity index is 398. The summed E-state index contributed by atoms with van der Waals surface area (Å²) in [4.78, 5) is 0. The van der Waals surface area contributed by atoms with E-state index in [-0.39, 0.29) is 42.9 Å². The van der Waals surface area contributed by atoms with E-state index in [0.29, 0.717) is 23.0 Å². The monoisotopic (exact) mass is 460 g/mol. The van der Waals surface area contributed by atoms with Gasteiger partial charge in [-0.15, -0.1) is 0 Å². The van der Waals surface area contributed by atoms with Crippen LogP contribution in [0, 0.1) is 0 Å². The Labute approximate surface area is 154 Å². The van der Waals surface area contributed by atoms with Crippen LogP contribution in [0.4, 0.5) is 0 Å². The number of rotatable bonds is 12. The van der Waals surface area contributed by atoms with Crippen molar-refractivity contribution >= 4 is 44.3 Å². The molecular formula is C8H18NiO10S4. The fraction of sp³-hybridized carbons (Fsp3) is 1.00. The SMILES string of the molecule is O=S(=O)([O-])OCCSCCO.O=S(=O)([O-])OCCSCCO.[Ni+2]. The molecule has 0 heterocycles. The average Bonchev–Trinajstić information content (AvgIpc) is 2.36. The Morgan fingerprint density at radius 2 is 1.04 bits per heavy atom. The molecule has 0 aromatic rings. The summed E-state index contributed by atoms with van der Waals surface area (Å²) in [6.45, 7) is -0.184. The molecule has 10 nitrogen and oxygen atoms in total. The number of hydrogen-bond acceptors (Lipinski definition) is 12. The molecule has 0 bridgehead atoms. The Hall–Kier alpha value is 0.854. The smallest absolute Gasteiger partial charge is 0.726 e. The molecule has 0 unspecified atom stereocenters. The fourth-order valence-corrected chi connectivity index (χ4v) is 2.58. The van der Waals surface area contributed by atoms with Crippen LogP contribution >= 0.6 is 23.5 Å². The first-order valence-corrected chi connectivity index (χ1v) is 10.7. The van der Waals surface area contributed by atoms with Gasteiger partial charge >= 0.3 is 16.5 Å². The van der Waals surface area contributed by atoms with Gasteiger partial charge in [-0.1, -0.05) is 0 Å². The summed E-state index contributed by atoms with van der Waals surface area (Å²) in [5, 5.41) is 16.6. The minimum absolute atomic E-state index is 0. The van der Waals surface area contributed by atoms with E-state index < -0.39 is 20.8 Å². The van der Waals surface area contributed by atoms with Gasteiger partial charge < -0.3 is 19.3 Å². The summed E-state index contributed by atoms with van der Waals surface area (Å²) < 4.78 is 66.7. The van der Waals surface area contributed by atoms with Crippen molar-refractivity contribution < 1.29 is 61.0 Å². The van der Waals surface area contributed by atoms with E-state index in [4.69, 9.17) is 10.2 Å². The van der Waals surface area contributed by atoms with E-state index >= 15 is 0 Å². The van der Waals surface area contributed by atoms with Crippen LogP contribution in [0.1, 0.15) is 0 Å². The van der Waals surface area contributed by atoms with Crippen LogP contribution in [0.15, 0.2) is 0 Å². The number of aliphatic hydroxyl groups excluding tert-OH is 2. The van der Waals surface area contributed by atoms with Crippen LogP contribution in [0.2, 0.25) is 0 Å². The van der Waals surface area contributed by atoms with Crippen LogP contribution in [-0.2, 0) is 45.7 Å². The molecule has 0 aromatic carbocycles. The zero-order chi connectivity index (χ0) is 17.5. The predicted molar refractivity (Wildman–Crippen MR) is 80.1 cm³/mol. The molecule has 0 spiro atoms. The minimum Gasteiger partial charge on any atom is -0.726 e. The maximum absolute atomic E-state index is 9.83.